The Morgan fingerprint density at radius 1 is 0.564 bits per heavy atom. The van der Waals surface area contributed by atoms with Crippen molar-refractivity contribution in [2.24, 2.45) is 0 Å². The van der Waals surface area contributed by atoms with Gasteiger partial charge in [0.25, 0.3) is 0 Å². The van der Waals surface area contributed by atoms with Crippen molar-refractivity contribution >= 4 is 0 Å². The van der Waals surface area contributed by atoms with Crippen molar-refractivity contribution in [3.05, 3.63) is 70.3 Å². The Morgan fingerprint density at radius 2 is 1.03 bits per heavy atom. The highest BCUT2D eigenvalue weighted by molar-refractivity contribution is 5.62. The number of rotatable bonds is 7. The SMILES string of the molecule is COc1cc(O)c(C2CCCCC2)cc1C(c1cc(O)ccc1O)c1cc(C2CCCCC2)c(O)cc1OC. The van der Waals surface area contributed by atoms with Crippen LogP contribution in [0, 0.1) is 0 Å². The first-order chi connectivity index (χ1) is 18.9. The molecule has 208 valence electrons. The standard InChI is InChI=1S/C33H40O6/c1-38-31-18-29(36)23(20-9-5-3-6-10-20)16-26(31)33(25-15-22(34)13-14-28(25)35)27-17-24(21-11-7-4-8-12-21)30(37)19-32(27)39-2/h13-21,33-37H,3-12H2,1-2H3. The third-order valence-electron chi connectivity index (χ3n) is 8.79. The molecule has 6 heteroatoms. The summed E-state index contributed by atoms with van der Waals surface area (Å²) in [4.78, 5) is 0. The molecule has 3 aromatic rings. The van der Waals surface area contributed by atoms with Crippen molar-refractivity contribution in [1.29, 1.82) is 0 Å². The van der Waals surface area contributed by atoms with E-state index in [2.05, 4.69) is 0 Å². The smallest absolute Gasteiger partial charge is 0.126 e. The van der Waals surface area contributed by atoms with Crippen LogP contribution in [-0.4, -0.2) is 34.6 Å². The quantitative estimate of drug-likeness (QED) is 0.183. The Balaban J connectivity index is 1.76. The summed E-state index contributed by atoms with van der Waals surface area (Å²) in [5.74, 6) is 1.33. The van der Waals surface area contributed by atoms with Gasteiger partial charge in [-0.15, -0.1) is 0 Å². The van der Waals surface area contributed by atoms with E-state index in [0.29, 0.717) is 17.1 Å². The molecule has 2 saturated carbocycles. The van der Waals surface area contributed by atoms with Crippen LogP contribution < -0.4 is 9.47 Å². The Bertz CT molecular complexity index is 1230. The average Bonchev–Trinajstić information content (AvgIpc) is 2.96. The van der Waals surface area contributed by atoms with E-state index in [1.165, 1.54) is 25.0 Å². The van der Waals surface area contributed by atoms with Crippen LogP contribution in [0.5, 0.6) is 34.5 Å². The topological polar surface area (TPSA) is 99.4 Å². The Morgan fingerprint density at radius 3 is 1.46 bits per heavy atom. The Hall–Kier alpha value is -3.54. The van der Waals surface area contributed by atoms with Crippen molar-refractivity contribution in [3.8, 4) is 34.5 Å². The fourth-order valence-electron chi connectivity index (χ4n) is 6.77. The van der Waals surface area contributed by atoms with Gasteiger partial charge in [0, 0.05) is 34.7 Å². The molecule has 0 spiro atoms. The van der Waals surface area contributed by atoms with Crippen LogP contribution >= 0.6 is 0 Å². The summed E-state index contributed by atoms with van der Waals surface area (Å²) >= 11 is 0. The van der Waals surface area contributed by atoms with E-state index in [9.17, 15) is 20.4 Å². The number of aromatic hydroxyl groups is 4. The molecule has 2 aliphatic carbocycles. The molecule has 0 heterocycles. The maximum absolute atomic E-state index is 11.1. The van der Waals surface area contributed by atoms with Crippen molar-refractivity contribution in [2.75, 3.05) is 14.2 Å². The molecule has 6 nitrogen and oxygen atoms in total. The largest absolute Gasteiger partial charge is 0.508 e. The van der Waals surface area contributed by atoms with Gasteiger partial charge in [0.1, 0.15) is 34.5 Å². The molecule has 0 saturated heterocycles. The minimum absolute atomic E-state index is 0.0292. The fraction of sp³-hybridized carbons (Fsp3) is 0.455. The van der Waals surface area contributed by atoms with Gasteiger partial charge in [0.15, 0.2) is 0 Å². The molecule has 2 fully saturated rings. The summed E-state index contributed by atoms with van der Waals surface area (Å²) in [6.45, 7) is 0. The number of hydrogen-bond donors (Lipinski definition) is 4. The highest BCUT2D eigenvalue weighted by Gasteiger charge is 2.31. The molecule has 4 N–H and O–H groups in total. The average molecular weight is 533 g/mol. The van der Waals surface area contributed by atoms with Crippen LogP contribution in [0.3, 0.4) is 0 Å². The van der Waals surface area contributed by atoms with Gasteiger partial charge >= 0.3 is 0 Å². The summed E-state index contributed by atoms with van der Waals surface area (Å²) in [5, 5.41) is 43.7. The second-order valence-electron chi connectivity index (χ2n) is 11.2. The molecule has 0 aromatic heterocycles. The second-order valence-corrected chi connectivity index (χ2v) is 11.2. The summed E-state index contributed by atoms with van der Waals surface area (Å²) in [6, 6.07) is 11.9. The molecule has 2 aliphatic rings. The summed E-state index contributed by atoms with van der Waals surface area (Å²) in [6.07, 6.45) is 10.9. The highest BCUT2D eigenvalue weighted by Crippen LogP contribution is 2.50. The predicted octanol–water partition coefficient (Wildman–Crippen LogP) is 7.80. The van der Waals surface area contributed by atoms with Gasteiger partial charge in [-0.1, -0.05) is 38.5 Å². The molecule has 0 unspecified atom stereocenters. The number of phenols is 4. The van der Waals surface area contributed by atoms with Crippen LogP contribution in [0.2, 0.25) is 0 Å². The third-order valence-corrected chi connectivity index (χ3v) is 8.79. The summed E-state index contributed by atoms with van der Waals surface area (Å²) in [7, 11) is 3.14. The zero-order chi connectivity index (χ0) is 27.5. The molecule has 0 amide bonds. The van der Waals surface area contributed by atoms with Gasteiger partial charge in [0.2, 0.25) is 0 Å². The van der Waals surface area contributed by atoms with Crippen molar-refractivity contribution in [1.82, 2.24) is 0 Å². The van der Waals surface area contributed by atoms with Crippen LogP contribution in [-0.2, 0) is 0 Å². The van der Waals surface area contributed by atoms with E-state index in [1.807, 2.05) is 12.1 Å². The molecule has 5 rings (SSSR count). The minimum Gasteiger partial charge on any atom is -0.508 e. The van der Waals surface area contributed by atoms with Gasteiger partial charge in [0.05, 0.1) is 14.2 Å². The molecule has 3 aromatic carbocycles. The van der Waals surface area contributed by atoms with Crippen LogP contribution in [0.4, 0.5) is 0 Å². The molecular weight excluding hydrogens is 492 g/mol. The van der Waals surface area contributed by atoms with Crippen molar-refractivity contribution < 1.29 is 29.9 Å². The maximum atomic E-state index is 11.1. The molecular formula is C33H40O6. The van der Waals surface area contributed by atoms with E-state index in [1.54, 1.807) is 32.4 Å². The van der Waals surface area contributed by atoms with E-state index in [-0.39, 0.29) is 34.8 Å². The van der Waals surface area contributed by atoms with Gasteiger partial charge in [-0.05, 0) is 79.0 Å². The van der Waals surface area contributed by atoms with Crippen molar-refractivity contribution in [2.45, 2.75) is 82.0 Å². The zero-order valence-corrected chi connectivity index (χ0v) is 22.9. The van der Waals surface area contributed by atoms with Crippen LogP contribution in [0.1, 0.15) is 110 Å². The molecule has 0 bridgehead atoms. The second kappa shape index (κ2) is 11.7. The van der Waals surface area contributed by atoms with E-state index in [4.69, 9.17) is 9.47 Å². The number of ether oxygens (including phenoxy) is 2. The highest BCUT2D eigenvalue weighted by atomic mass is 16.5. The van der Waals surface area contributed by atoms with Crippen LogP contribution in [0.25, 0.3) is 0 Å². The first-order valence-electron chi connectivity index (χ1n) is 14.2. The molecule has 0 atom stereocenters. The lowest BCUT2D eigenvalue weighted by Crippen LogP contribution is -2.12. The number of phenolic OH excluding ortho intramolecular Hbond substituents is 4. The van der Waals surface area contributed by atoms with E-state index >= 15 is 0 Å². The molecule has 39 heavy (non-hydrogen) atoms. The third kappa shape index (κ3) is 5.47. The lowest BCUT2D eigenvalue weighted by atomic mass is 9.77. The lowest BCUT2D eigenvalue weighted by Gasteiger charge is -2.29. The van der Waals surface area contributed by atoms with Gasteiger partial charge < -0.3 is 29.9 Å². The zero-order valence-electron chi connectivity index (χ0n) is 22.9. The Labute approximate surface area is 230 Å². The van der Waals surface area contributed by atoms with Crippen molar-refractivity contribution in [3.63, 3.8) is 0 Å². The van der Waals surface area contributed by atoms with Gasteiger partial charge in [-0.3, -0.25) is 0 Å². The van der Waals surface area contributed by atoms with E-state index in [0.717, 1.165) is 73.6 Å². The van der Waals surface area contributed by atoms with Crippen LogP contribution in [0.15, 0.2) is 42.5 Å². The predicted molar refractivity (Wildman–Crippen MR) is 152 cm³/mol. The Kier molecular flexibility index (Phi) is 8.10. The molecule has 0 radical (unpaired) electrons. The van der Waals surface area contributed by atoms with Gasteiger partial charge in [-0.25, -0.2) is 0 Å². The fourth-order valence-corrected chi connectivity index (χ4v) is 6.77. The lowest BCUT2D eigenvalue weighted by molar-refractivity contribution is 0.385. The number of hydrogen-bond acceptors (Lipinski definition) is 6. The molecule has 0 aliphatic heterocycles. The normalized spacial score (nSPS) is 16.9. The minimum atomic E-state index is -0.590. The summed E-state index contributed by atoms with van der Waals surface area (Å²) in [5.41, 5.74) is 3.76. The number of methoxy groups -OCH3 is 2. The summed E-state index contributed by atoms with van der Waals surface area (Å²) < 4.78 is 11.6. The van der Waals surface area contributed by atoms with E-state index < -0.39 is 5.92 Å². The maximum Gasteiger partial charge on any atom is 0.126 e. The van der Waals surface area contributed by atoms with Gasteiger partial charge in [-0.2, -0.15) is 0 Å². The number of benzene rings is 3. The monoisotopic (exact) mass is 532 g/mol. The first kappa shape index (κ1) is 27.0. The first-order valence-corrected chi connectivity index (χ1v) is 14.2.